The lowest BCUT2D eigenvalue weighted by molar-refractivity contribution is 0.426. The monoisotopic (exact) mass is 235 g/mol. The number of nitrogens with two attached hydrogens (primary N) is 1. The number of halogens is 1. The summed E-state index contributed by atoms with van der Waals surface area (Å²) in [7, 11) is 0. The van der Waals surface area contributed by atoms with Crippen molar-refractivity contribution in [1.29, 1.82) is 0 Å². The van der Waals surface area contributed by atoms with Crippen LogP contribution in [0.2, 0.25) is 0 Å². The molecule has 17 heavy (non-hydrogen) atoms. The van der Waals surface area contributed by atoms with Gasteiger partial charge in [-0.05, 0) is 37.1 Å². The van der Waals surface area contributed by atoms with Crippen molar-refractivity contribution < 1.29 is 4.39 Å². The standard InChI is InChI=1S/C13H18FN3/c1-3-13(4-2)9-16-12(15)17(13)11-7-5-10(14)6-8-11/h5-8H,3-4,9H2,1-2H3,(H2,15,16). The predicted octanol–water partition coefficient (Wildman–Crippen LogP) is 2.52. The molecule has 0 saturated carbocycles. The first-order chi connectivity index (χ1) is 8.13. The Kier molecular flexibility index (Phi) is 3.05. The first-order valence-electron chi connectivity index (χ1n) is 5.98. The second kappa shape index (κ2) is 4.35. The fourth-order valence-electron chi connectivity index (χ4n) is 2.40. The zero-order valence-corrected chi connectivity index (χ0v) is 10.3. The number of anilines is 1. The quantitative estimate of drug-likeness (QED) is 0.874. The van der Waals surface area contributed by atoms with Crippen LogP contribution in [-0.4, -0.2) is 18.0 Å². The molecule has 2 N–H and O–H groups in total. The van der Waals surface area contributed by atoms with E-state index in [4.69, 9.17) is 5.73 Å². The first kappa shape index (κ1) is 11.9. The number of benzene rings is 1. The summed E-state index contributed by atoms with van der Waals surface area (Å²) in [5.41, 5.74) is 6.82. The lowest BCUT2D eigenvalue weighted by Crippen LogP contribution is -2.51. The number of rotatable bonds is 3. The summed E-state index contributed by atoms with van der Waals surface area (Å²) < 4.78 is 12.9. The van der Waals surface area contributed by atoms with E-state index in [1.165, 1.54) is 12.1 Å². The van der Waals surface area contributed by atoms with Crippen molar-refractivity contribution in [3.63, 3.8) is 0 Å². The Morgan fingerprint density at radius 1 is 1.29 bits per heavy atom. The highest BCUT2D eigenvalue weighted by atomic mass is 19.1. The van der Waals surface area contributed by atoms with Crippen LogP contribution in [-0.2, 0) is 0 Å². The van der Waals surface area contributed by atoms with Crippen molar-refractivity contribution in [3.8, 4) is 0 Å². The van der Waals surface area contributed by atoms with E-state index >= 15 is 0 Å². The number of hydrogen-bond donors (Lipinski definition) is 1. The largest absolute Gasteiger partial charge is 0.369 e. The normalized spacial score (nSPS) is 18.3. The first-order valence-corrected chi connectivity index (χ1v) is 5.98. The van der Waals surface area contributed by atoms with Crippen molar-refractivity contribution in [3.05, 3.63) is 30.1 Å². The van der Waals surface area contributed by atoms with Gasteiger partial charge in [0, 0.05) is 5.69 Å². The van der Waals surface area contributed by atoms with Gasteiger partial charge in [0.1, 0.15) is 5.82 Å². The van der Waals surface area contributed by atoms with Gasteiger partial charge in [0.05, 0.1) is 12.1 Å². The highest BCUT2D eigenvalue weighted by molar-refractivity contribution is 5.98. The molecule has 0 unspecified atom stereocenters. The fraction of sp³-hybridized carbons (Fsp3) is 0.462. The van der Waals surface area contributed by atoms with Gasteiger partial charge in [-0.25, -0.2) is 4.39 Å². The second-order valence-corrected chi connectivity index (χ2v) is 4.42. The predicted molar refractivity (Wildman–Crippen MR) is 68.7 cm³/mol. The molecular formula is C13H18FN3. The molecule has 0 aromatic heterocycles. The van der Waals surface area contributed by atoms with Gasteiger partial charge < -0.3 is 10.6 Å². The Labute approximate surface area is 101 Å². The van der Waals surface area contributed by atoms with E-state index in [0.717, 1.165) is 18.5 Å². The molecule has 1 aliphatic heterocycles. The Hall–Kier alpha value is -1.58. The second-order valence-electron chi connectivity index (χ2n) is 4.42. The smallest absolute Gasteiger partial charge is 0.196 e. The summed E-state index contributed by atoms with van der Waals surface area (Å²) in [5, 5.41) is 0. The topological polar surface area (TPSA) is 41.6 Å². The number of aliphatic imine (C=N–C) groups is 1. The molecule has 92 valence electrons. The maximum Gasteiger partial charge on any atom is 0.196 e. The van der Waals surface area contributed by atoms with E-state index in [0.29, 0.717) is 12.5 Å². The van der Waals surface area contributed by atoms with E-state index < -0.39 is 0 Å². The van der Waals surface area contributed by atoms with Crippen LogP contribution in [0.1, 0.15) is 26.7 Å². The van der Waals surface area contributed by atoms with Gasteiger partial charge in [-0.15, -0.1) is 0 Å². The molecule has 0 bridgehead atoms. The lowest BCUT2D eigenvalue weighted by atomic mass is 9.91. The van der Waals surface area contributed by atoms with Crippen LogP contribution < -0.4 is 10.6 Å². The maximum absolute atomic E-state index is 12.9. The molecule has 0 amide bonds. The molecule has 2 rings (SSSR count). The highest BCUT2D eigenvalue weighted by Gasteiger charge is 2.40. The van der Waals surface area contributed by atoms with Gasteiger partial charge in [0.15, 0.2) is 5.96 Å². The van der Waals surface area contributed by atoms with Crippen LogP contribution in [0.3, 0.4) is 0 Å². The summed E-state index contributed by atoms with van der Waals surface area (Å²) in [6.45, 7) is 4.98. The van der Waals surface area contributed by atoms with Crippen molar-refractivity contribution >= 4 is 11.6 Å². The van der Waals surface area contributed by atoms with Crippen LogP contribution in [0.4, 0.5) is 10.1 Å². The Bertz CT molecular complexity index is 421. The lowest BCUT2D eigenvalue weighted by Gasteiger charge is -2.38. The average Bonchev–Trinajstić information content (AvgIpc) is 2.68. The molecule has 3 nitrogen and oxygen atoms in total. The van der Waals surface area contributed by atoms with Crippen LogP contribution in [0.15, 0.2) is 29.3 Å². The maximum atomic E-state index is 12.9. The van der Waals surface area contributed by atoms with Crippen molar-refractivity contribution in [2.24, 2.45) is 10.7 Å². The van der Waals surface area contributed by atoms with E-state index in [2.05, 4.69) is 18.8 Å². The molecule has 1 aromatic carbocycles. The zero-order valence-electron chi connectivity index (χ0n) is 10.3. The summed E-state index contributed by atoms with van der Waals surface area (Å²) >= 11 is 0. The SMILES string of the molecule is CCC1(CC)CN=C(N)N1c1ccc(F)cc1. The molecule has 4 heteroatoms. The van der Waals surface area contributed by atoms with Gasteiger partial charge in [0.25, 0.3) is 0 Å². The van der Waals surface area contributed by atoms with Crippen molar-refractivity contribution in [2.45, 2.75) is 32.2 Å². The molecule has 1 heterocycles. The van der Waals surface area contributed by atoms with Crippen molar-refractivity contribution in [2.75, 3.05) is 11.4 Å². The van der Waals surface area contributed by atoms with E-state index in [1.807, 2.05) is 4.90 Å². The third kappa shape index (κ3) is 1.88. The van der Waals surface area contributed by atoms with E-state index in [1.54, 1.807) is 12.1 Å². The molecule has 0 fully saturated rings. The third-order valence-electron chi connectivity index (χ3n) is 3.64. The molecule has 0 saturated heterocycles. The van der Waals surface area contributed by atoms with Gasteiger partial charge in [-0.1, -0.05) is 13.8 Å². The Balaban J connectivity index is 2.40. The molecule has 1 aliphatic rings. The van der Waals surface area contributed by atoms with Crippen LogP contribution in [0, 0.1) is 5.82 Å². The molecular weight excluding hydrogens is 217 g/mol. The van der Waals surface area contributed by atoms with Gasteiger partial charge in [-0.2, -0.15) is 0 Å². The number of nitrogens with zero attached hydrogens (tertiary/aromatic N) is 2. The zero-order chi connectivity index (χ0) is 12.5. The minimum absolute atomic E-state index is 0.0537. The Morgan fingerprint density at radius 3 is 2.41 bits per heavy atom. The Morgan fingerprint density at radius 2 is 1.88 bits per heavy atom. The highest BCUT2D eigenvalue weighted by Crippen LogP contribution is 2.33. The van der Waals surface area contributed by atoms with Crippen LogP contribution in [0.25, 0.3) is 0 Å². The summed E-state index contributed by atoms with van der Waals surface area (Å²) in [6, 6.07) is 6.42. The summed E-state index contributed by atoms with van der Waals surface area (Å²) in [5.74, 6) is 0.294. The fourth-order valence-corrected chi connectivity index (χ4v) is 2.40. The average molecular weight is 235 g/mol. The third-order valence-corrected chi connectivity index (χ3v) is 3.64. The van der Waals surface area contributed by atoms with Crippen LogP contribution in [0.5, 0.6) is 0 Å². The summed E-state index contributed by atoms with van der Waals surface area (Å²) in [6.07, 6.45) is 1.93. The van der Waals surface area contributed by atoms with E-state index in [-0.39, 0.29) is 11.4 Å². The van der Waals surface area contributed by atoms with E-state index in [9.17, 15) is 4.39 Å². The van der Waals surface area contributed by atoms with Crippen molar-refractivity contribution in [1.82, 2.24) is 0 Å². The number of hydrogen-bond acceptors (Lipinski definition) is 3. The van der Waals surface area contributed by atoms with Crippen LogP contribution >= 0.6 is 0 Å². The molecule has 0 radical (unpaired) electrons. The number of guanidine groups is 1. The minimum Gasteiger partial charge on any atom is -0.369 e. The molecule has 0 spiro atoms. The van der Waals surface area contributed by atoms with Gasteiger partial charge >= 0.3 is 0 Å². The molecule has 0 aliphatic carbocycles. The van der Waals surface area contributed by atoms with Gasteiger partial charge in [0.2, 0.25) is 0 Å². The van der Waals surface area contributed by atoms with Gasteiger partial charge in [-0.3, -0.25) is 4.99 Å². The molecule has 0 atom stereocenters. The minimum atomic E-state index is -0.234. The molecule has 1 aromatic rings. The summed E-state index contributed by atoms with van der Waals surface area (Å²) in [4.78, 5) is 6.37.